The Morgan fingerprint density at radius 3 is 2.47 bits per heavy atom. The van der Waals surface area contributed by atoms with E-state index >= 15 is 0 Å². The molecule has 0 unspecified atom stereocenters. The zero-order valence-corrected chi connectivity index (χ0v) is 8.72. The molecule has 4 heteroatoms. The molecule has 0 aromatic heterocycles. The van der Waals surface area contributed by atoms with Gasteiger partial charge in [0.05, 0.1) is 5.56 Å². The first-order valence-electron chi connectivity index (χ1n) is 4.89. The Morgan fingerprint density at radius 1 is 1.06 bits per heavy atom. The number of phenols is 2. The van der Waals surface area contributed by atoms with Gasteiger partial charge in [-0.2, -0.15) is 0 Å². The lowest BCUT2D eigenvalue weighted by Crippen LogP contribution is -1.86. The molecule has 17 heavy (non-hydrogen) atoms. The highest BCUT2D eigenvalue weighted by atomic mass is 19.1. The Morgan fingerprint density at radius 2 is 1.82 bits per heavy atom. The molecule has 0 saturated carbocycles. The average Bonchev–Trinajstić information content (AvgIpc) is 2.30. The third-order valence-corrected chi connectivity index (χ3v) is 2.44. The van der Waals surface area contributed by atoms with Gasteiger partial charge < -0.3 is 10.2 Å². The molecule has 0 aliphatic heterocycles. The second-order valence-corrected chi connectivity index (χ2v) is 3.52. The molecule has 86 valence electrons. The fraction of sp³-hybridized carbons (Fsp3) is 0. The first kappa shape index (κ1) is 11.1. The molecule has 0 saturated heterocycles. The maximum atomic E-state index is 12.8. The van der Waals surface area contributed by atoms with Crippen molar-refractivity contribution in [2.45, 2.75) is 0 Å². The van der Waals surface area contributed by atoms with Crippen molar-refractivity contribution >= 4 is 6.29 Å². The summed E-state index contributed by atoms with van der Waals surface area (Å²) in [6, 6.07) is 8.02. The number of carbonyl (C=O) groups excluding carboxylic acids is 1. The average molecular weight is 232 g/mol. The van der Waals surface area contributed by atoms with Crippen LogP contribution in [0.3, 0.4) is 0 Å². The van der Waals surface area contributed by atoms with Gasteiger partial charge in [0.25, 0.3) is 0 Å². The standard InChI is InChI=1S/C13H9FO3/c14-9-4-5-10(12(16)6-9)11-3-1-2-8(7-15)13(11)17/h1-7,16-17H. The number of aldehydes is 1. The molecule has 3 nitrogen and oxygen atoms in total. The number of carbonyl (C=O) groups is 1. The summed E-state index contributed by atoms with van der Waals surface area (Å²) in [5.41, 5.74) is 0.672. The van der Waals surface area contributed by atoms with Crippen LogP contribution in [0.2, 0.25) is 0 Å². The van der Waals surface area contributed by atoms with Gasteiger partial charge in [-0.25, -0.2) is 4.39 Å². The number of hydrogen-bond donors (Lipinski definition) is 2. The zero-order valence-electron chi connectivity index (χ0n) is 8.72. The van der Waals surface area contributed by atoms with Gasteiger partial charge in [-0.15, -0.1) is 0 Å². The molecule has 0 bridgehead atoms. The molecule has 0 aliphatic rings. The molecule has 0 fully saturated rings. The number of rotatable bonds is 2. The van der Waals surface area contributed by atoms with Crippen molar-refractivity contribution in [1.29, 1.82) is 0 Å². The highest BCUT2D eigenvalue weighted by Gasteiger charge is 2.12. The van der Waals surface area contributed by atoms with E-state index in [9.17, 15) is 19.4 Å². The Labute approximate surface area is 96.8 Å². The number of phenolic OH excluding ortho intramolecular Hbond substituents is 2. The van der Waals surface area contributed by atoms with Crippen LogP contribution in [0.5, 0.6) is 11.5 Å². The van der Waals surface area contributed by atoms with Crippen molar-refractivity contribution < 1.29 is 19.4 Å². The third-order valence-electron chi connectivity index (χ3n) is 2.44. The molecule has 0 aliphatic carbocycles. The van der Waals surface area contributed by atoms with E-state index in [0.717, 1.165) is 6.07 Å². The Hall–Kier alpha value is -2.36. The van der Waals surface area contributed by atoms with Crippen LogP contribution in [0.15, 0.2) is 36.4 Å². The van der Waals surface area contributed by atoms with Gasteiger partial charge in [-0.3, -0.25) is 4.79 Å². The van der Waals surface area contributed by atoms with Crippen molar-refractivity contribution in [3.8, 4) is 22.6 Å². The second-order valence-electron chi connectivity index (χ2n) is 3.52. The van der Waals surface area contributed by atoms with Crippen LogP contribution in [0.25, 0.3) is 11.1 Å². The number of para-hydroxylation sites is 1. The molecule has 2 aromatic carbocycles. The monoisotopic (exact) mass is 232 g/mol. The highest BCUT2D eigenvalue weighted by molar-refractivity contribution is 5.87. The molecule has 2 rings (SSSR count). The van der Waals surface area contributed by atoms with Gasteiger partial charge in [-0.05, 0) is 18.2 Å². The van der Waals surface area contributed by atoms with Crippen LogP contribution in [-0.4, -0.2) is 16.5 Å². The molecule has 2 aromatic rings. The molecule has 2 N–H and O–H groups in total. The maximum absolute atomic E-state index is 12.8. The van der Waals surface area contributed by atoms with Crippen molar-refractivity contribution in [1.82, 2.24) is 0 Å². The van der Waals surface area contributed by atoms with Gasteiger partial charge in [-0.1, -0.05) is 12.1 Å². The highest BCUT2D eigenvalue weighted by Crippen LogP contribution is 2.36. The second kappa shape index (κ2) is 4.25. The van der Waals surface area contributed by atoms with Crippen molar-refractivity contribution in [2.75, 3.05) is 0 Å². The van der Waals surface area contributed by atoms with E-state index in [1.165, 1.54) is 24.3 Å². The van der Waals surface area contributed by atoms with E-state index < -0.39 is 5.82 Å². The maximum Gasteiger partial charge on any atom is 0.153 e. The van der Waals surface area contributed by atoms with Crippen molar-refractivity contribution in [2.24, 2.45) is 0 Å². The van der Waals surface area contributed by atoms with E-state index in [-0.39, 0.29) is 28.2 Å². The first-order valence-corrected chi connectivity index (χ1v) is 4.89. The summed E-state index contributed by atoms with van der Waals surface area (Å²) >= 11 is 0. The van der Waals surface area contributed by atoms with E-state index in [1.807, 2.05) is 0 Å². The predicted molar refractivity (Wildman–Crippen MR) is 60.6 cm³/mol. The first-order chi connectivity index (χ1) is 8.13. The minimum Gasteiger partial charge on any atom is -0.507 e. The fourth-order valence-corrected chi connectivity index (χ4v) is 1.61. The minimum absolute atomic E-state index is 0.117. The Kier molecular flexibility index (Phi) is 2.78. The molecule has 0 spiro atoms. The molecular formula is C13H9FO3. The van der Waals surface area contributed by atoms with E-state index in [0.29, 0.717) is 6.29 Å². The molecule has 0 heterocycles. The Balaban J connectivity index is 2.64. The predicted octanol–water partition coefficient (Wildman–Crippen LogP) is 2.72. The van der Waals surface area contributed by atoms with Gasteiger partial charge >= 0.3 is 0 Å². The normalized spacial score (nSPS) is 10.2. The van der Waals surface area contributed by atoms with Crippen LogP contribution < -0.4 is 0 Å². The number of aromatic hydroxyl groups is 2. The quantitative estimate of drug-likeness (QED) is 0.782. The number of benzene rings is 2. The minimum atomic E-state index is -0.572. The fourth-order valence-electron chi connectivity index (χ4n) is 1.61. The van der Waals surface area contributed by atoms with Crippen LogP contribution >= 0.6 is 0 Å². The molecular weight excluding hydrogens is 223 g/mol. The van der Waals surface area contributed by atoms with Gasteiger partial charge in [0.1, 0.15) is 17.3 Å². The summed E-state index contributed by atoms with van der Waals surface area (Å²) in [6.07, 6.45) is 0.513. The summed E-state index contributed by atoms with van der Waals surface area (Å²) in [7, 11) is 0. The van der Waals surface area contributed by atoms with E-state index in [4.69, 9.17) is 0 Å². The van der Waals surface area contributed by atoms with E-state index in [1.54, 1.807) is 6.07 Å². The Bertz CT molecular complexity index is 579. The summed E-state index contributed by atoms with van der Waals surface area (Å²) in [4.78, 5) is 10.7. The van der Waals surface area contributed by atoms with Crippen molar-refractivity contribution in [3.63, 3.8) is 0 Å². The van der Waals surface area contributed by atoms with Crippen LogP contribution in [0, 0.1) is 5.82 Å². The lowest BCUT2D eigenvalue weighted by molar-refractivity contribution is 0.112. The summed E-state index contributed by atoms with van der Waals surface area (Å²) in [5, 5.41) is 19.4. The van der Waals surface area contributed by atoms with Crippen LogP contribution in [-0.2, 0) is 0 Å². The van der Waals surface area contributed by atoms with Gasteiger partial charge in [0.2, 0.25) is 0 Å². The van der Waals surface area contributed by atoms with E-state index in [2.05, 4.69) is 0 Å². The number of halogens is 1. The molecule has 0 amide bonds. The van der Waals surface area contributed by atoms with Gasteiger partial charge in [0.15, 0.2) is 6.29 Å². The van der Waals surface area contributed by atoms with Crippen LogP contribution in [0.1, 0.15) is 10.4 Å². The third kappa shape index (κ3) is 1.97. The summed E-state index contributed by atoms with van der Waals surface area (Å²) in [6.45, 7) is 0. The number of hydrogen-bond acceptors (Lipinski definition) is 3. The molecule has 0 atom stereocenters. The molecule has 0 radical (unpaired) electrons. The summed E-state index contributed by atoms with van der Waals surface area (Å²) in [5.74, 6) is -1.09. The lowest BCUT2D eigenvalue weighted by atomic mass is 10.0. The SMILES string of the molecule is O=Cc1cccc(-c2ccc(F)cc2O)c1O. The summed E-state index contributed by atoms with van der Waals surface area (Å²) < 4.78 is 12.8. The topological polar surface area (TPSA) is 57.5 Å². The van der Waals surface area contributed by atoms with Crippen molar-refractivity contribution in [3.05, 3.63) is 47.8 Å². The van der Waals surface area contributed by atoms with Crippen LogP contribution in [0.4, 0.5) is 4.39 Å². The lowest BCUT2D eigenvalue weighted by Gasteiger charge is -2.08. The largest absolute Gasteiger partial charge is 0.507 e. The smallest absolute Gasteiger partial charge is 0.153 e. The van der Waals surface area contributed by atoms with Gasteiger partial charge in [0, 0.05) is 17.2 Å². The zero-order chi connectivity index (χ0) is 12.4.